The van der Waals surface area contributed by atoms with E-state index in [4.69, 9.17) is 9.97 Å². The highest BCUT2D eigenvalue weighted by molar-refractivity contribution is 7.87. The highest BCUT2D eigenvalue weighted by Crippen LogP contribution is 2.32. The Morgan fingerprint density at radius 1 is 0.540 bits per heavy atom. The zero-order valence-corrected chi connectivity index (χ0v) is 38.6. The van der Waals surface area contributed by atoms with Gasteiger partial charge in [-0.3, -0.25) is 9.44 Å². The van der Waals surface area contributed by atoms with Crippen molar-refractivity contribution in [2.24, 2.45) is 0 Å². The molecule has 0 aliphatic heterocycles. The van der Waals surface area contributed by atoms with Crippen LogP contribution in [0.15, 0.2) is 120 Å². The van der Waals surface area contributed by atoms with Gasteiger partial charge in [-0.2, -0.15) is 0 Å². The van der Waals surface area contributed by atoms with Crippen LogP contribution in [-0.4, -0.2) is 56.3 Å². The fourth-order valence-electron chi connectivity index (χ4n) is 5.96. The van der Waals surface area contributed by atoms with E-state index in [1.165, 1.54) is 22.7 Å². The Hall–Kier alpha value is -5.76. The summed E-state index contributed by atoms with van der Waals surface area (Å²) in [5.74, 6) is 0. The average Bonchev–Trinajstić information content (AvgIpc) is 4.08. The maximum absolute atomic E-state index is 10.9. The van der Waals surface area contributed by atoms with Gasteiger partial charge in [-0.25, -0.2) is 26.8 Å². The second-order valence-corrected chi connectivity index (χ2v) is 19.8. The maximum atomic E-state index is 10.9. The van der Waals surface area contributed by atoms with Crippen LogP contribution in [0.4, 0.5) is 21.6 Å². The fraction of sp³-hybridized carbons (Fsp3) is 0.150. The number of nitrogens with zero attached hydrogens (tertiary/aromatic N) is 6. The molecule has 0 aliphatic rings. The highest BCUT2D eigenvalue weighted by atomic mass is 32.2. The Labute approximate surface area is 380 Å². The van der Waals surface area contributed by atoms with Gasteiger partial charge in [0.2, 0.25) is 10.3 Å². The van der Waals surface area contributed by atoms with Crippen molar-refractivity contribution in [1.29, 1.82) is 0 Å². The van der Waals surface area contributed by atoms with Crippen molar-refractivity contribution in [3.05, 3.63) is 152 Å². The maximum Gasteiger partial charge on any atom is 0.206 e. The minimum absolute atomic E-state index is 0. The van der Waals surface area contributed by atoms with Gasteiger partial charge in [-0.05, 0) is 62.1 Å². The number of hydrogen-bond acceptors (Lipinski definition) is 18. The summed E-state index contributed by atoms with van der Waals surface area (Å²) in [6, 6.07) is 33.0. The van der Waals surface area contributed by atoms with Crippen molar-refractivity contribution < 1.29 is 25.9 Å². The zero-order valence-electron chi connectivity index (χ0n) is 33.7. The Kier molecular flexibility index (Phi) is 15.6. The summed E-state index contributed by atoms with van der Waals surface area (Å²) in [5.41, 5.74) is 6.20. The van der Waals surface area contributed by atoms with Gasteiger partial charge in [-0.1, -0.05) is 108 Å². The molecule has 4 heterocycles. The molecule has 4 aromatic carbocycles. The molecule has 63 heavy (non-hydrogen) atoms. The van der Waals surface area contributed by atoms with E-state index in [-0.39, 0.29) is 29.6 Å². The molecular weight excluding hydrogens is 923 g/mol. The van der Waals surface area contributed by atoms with E-state index in [1.807, 2.05) is 94.7 Å². The van der Waals surface area contributed by atoms with Crippen LogP contribution >= 0.6 is 45.3 Å². The topological polar surface area (TPSA) is 276 Å². The van der Waals surface area contributed by atoms with Gasteiger partial charge in [0.15, 0.2) is 20.6 Å². The number of quaternary nitrogens is 1. The molecule has 17 nitrogen and oxygen atoms in total. The summed E-state index contributed by atoms with van der Waals surface area (Å²) in [5, 5.41) is 32.3. The second-order valence-electron chi connectivity index (χ2n) is 13.4. The molecule has 0 saturated carbocycles. The molecule has 8 aromatic rings. The Morgan fingerprint density at radius 3 is 1.22 bits per heavy atom. The van der Waals surface area contributed by atoms with Crippen LogP contribution in [0, 0.1) is 13.8 Å². The number of anilines is 4. The monoisotopic (exact) mass is 962 g/mol. The molecule has 0 saturated heterocycles. The van der Waals surface area contributed by atoms with Crippen molar-refractivity contribution in [3.8, 4) is 21.1 Å². The first-order valence-corrected chi connectivity index (χ1v) is 24.7. The van der Waals surface area contributed by atoms with Gasteiger partial charge in [0.25, 0.3) is 0 Å². The Bertz CT molecular complexity index is 2710. The van der Waals surface area contributed by atoms with E-state index >= 15 is 0 Å². The van der Waals surface area contributed by atoms with E-state index in [2.05, 4.69) is 31.0 Å². The van der Waals surface area contributed by atoms with Crippen LogP contribution in [-0.2, 0) is 33.4 Å². The molecule has 0 amide bonds. The van der Waals surface area contributed by atoms with Crippen molar-refractivity contribution in [3.63, 3.8) is 0 Å². The molecule has 2 atom stereocenters. The molecular formula is C40H40N11O6S6-. The van der Waals surface area contributed by atoms with E-state index in [1.54, 1.807) is 71.2 Å². The van der Waals surface area contributed by atoms with E-state index in [0.717, 1.165) is 53.7 Å². The third-order valence-corrected chi connectivity index (χ3v) is 13.1. The van der Waals surface area contributed by atoms with E-state index < -0.39 is 20.6 Å². The molecule has 0 bridgehead atoms. The lowest BCUT2D eigenvalue weighted by atomic mass is 10.0. The van der Waals surface area contributed by atoms with Gasteiger partial charge in [0, 0.05) is 33.3 Å². The summed E-state index contributed by atoms with van der Waals surface area (Å²) >= 11 is 6.07. The van der Waals surface area contributed by atoms with Crippen LogP contribution in [0.5, 0.6) is 0 Å². The van der Waals surface area contributed by atoms with Crippen molar-refractivity contribution in [2.45, 2.75) is 38.8 Å². The molecule has 0 radical (unpaired) electrons. The lowest BCUT2D eigenvalue weighted by molar-refractivity contribution is 0.467. The number of rotatable bonds is 16. The van der Waals surface area contributed by atoms with Crippen LogP contribution in [0.25, 0.3) is 21.1 Å². The molecule has 8 rings (SSSR count). The fourth-order valence-corrected chi connectivity index (χ4v) is 9.86. The number of hydrogen-bond donors (Lipinski definition) is 5. The first kappa shape index (κ1) is 46.7. The van der Waals surface area contributed by atoms with Crippen molar-refractivity contribution >= 4 is 87.6 Å². The predicted octanol–water partition coefficient (Wildman–Crippen LogP) is 8.85. The summed E-state index contributed by atoms with van der Waals surface area (Å²) < 4.78 is 69.1. The van der Waals surface area contributed by atoms with Crippen LogP contribution in [0.3, 0.4) is 0 Å². The minimum Gasteiger partial charge on any atom is -0.731 e. The van der Waals surface area contributed by atoms with Crippen LogP contribution < -0.4 is 26.2 Å². The molecule has 328 valence electrons. The minimum atomic E-state index is -4.55. The number of thiazole rings is 2. The molecule has 23 heteroatoms. The summed E-state index contributed by atoms with van der Waals surface area (Å²) in [7, 11) is -9.11. The molecule has 0 unspecified atom stereocenters. The average molecular weight is 963 g/mol. The summed E-state index contributed by atoms with van der Waals surface area (Å²) in [4.78, 5) is 9.65. The van der Waals surface area contributed by atoms with E-state index in [0.29, 0.717) is 23.1 Å². The van der Waals surface area contributed by atoms with E-state index in [9.17, 15) is 25.9 Å². The predicted molar refractivity (Wildman–Crippen MR) is 250 cm³/mol. The van der Waals surface area contributed by atoms with Crippen molar-refractivity contribution in [1.82, 2.24) is 36.5 Å². The normalized spacial score (nSPS) is 12.3. The third-order valence-electron chi connectivity index (χ3n) is 8.72. The number of nitrogens with one attached hydrogen (secondary N) is 4. The molecule has 8 N–H and O–H groups in total. The molecule has 4 aromatic heterocycles. The van der Waals surface area contributed by atoms with Gasteiger partial charge in [0.05, 0.1) is 23.5 Å². The standard InChI is InChI=1S/2C20H19N5O3S3.H3N/c2*1-13-23-24-20(30-13)22-17(11-14-7-9-16(10-8-14)25-31(26,27)28)18-12-29-19(21-18)15-5-3-2-4-6-15;/h2*2-10,12,17,25H,11H2,1H3,(H,22,24)(H,26,27,28);1H3/p-1/t2*17-;/m00./s1. The highest BCUT2D eigenvalue weighted by Gasteiger charge is 2.20. The van der Waals surface area contributed by atoms with Gasteiger partial charge < -0.3 is 25.9 Å². The largest absolute Gasteiger partial charge is 0.731 e. The summed E-state index contributed by atoms with van der Waals surface area (Å²) in [6.45, 7) is 3.79. The van der Waals surface area contributed by atoms with Crippen LogP contribution in [0.2, 0.25) is 0 Å². The molecule has 0 fully saturated rings. The molecule has 0 aliphatic carbocycles. The molecule has 0 spiro atoms. The summed E-state index contributed by atoms with van der Waals surface area (Å²) in [6.07, 6.45) is 1.17. The smallest absolute Gasteiger partial charge is 0.206 e. The van der Waals surface area contributed by atoms with Crippen molar-refractivity contribution in [2.75, 3.05) is 20.1 Å². The lowest BCUT2D eigenvalue weighted by Crippen LogP contribution is -2.14. The number of benzene rings is 4. The Balaban J connectivity index is 0.000000206. The first-order valence-electron chi connectivity index (χ1n) is 18.5. The lowest BCUT2D eigenvalue weighted by Gasteiger charge is -2.17. The Morgan fingerprint density at radius 2 is 0.905 bits per heavy atom. The zero-order chi connectivity index (χ0) is 43.7. The van der Waals surface area contributed by atoms with Gasteiger partial charge >= 0.3 is 0 Å². The SMILES string of the molecule is Cc1nnc(N[C@@H](Cc2ccc(NS(=O)(=O)[O-])cc2)c2csc(-c3ccccc3)n2)s1.Cc1nnc(N[C@@H](Cc2ccc(NS(=O)(=O)[O-])cc2)c2csc(-c3ccccc3)n2)s1.[NH4+]. The van der Waals surface area contributed by atoms with Gasteiger partial charge in [-0.15, -0.1) is 43.1 Å². The number of aromatic nitrogens is 6. The van der Waals surface area contributed by atoms with Gasteiger partial charge in [0.1, 0.15) is 20.0 Å². The first-order chi connectivity index (χ1) is 29.7. The second kappa shape index (κ2) is 21.1. The quantitative estimate of drug-likeness (QED) is 0.0566. The van der Waals surface area contributed by atoms with Crippen LogP contribution in [0.1, 0.15) is 44.6 Å². The third kappa shape index (κ3) is 14.1. The number of aryl methyl sites for hydroxylation is 2.